The quantitative estimate of drug-likeness (QED) is 0.276. The molecule has 0 saturated heterocycles. The maximum Gasteiger partial charge on any atom is 0.491 e. The molecule has 1 aliphatic heterocycles. The molecule has 0 radical (unpaired) electrons. The first-order chi connectivity index (χ1) is 18.7. The molecule has 3 rings (SSSR count). The number of nitrogens with two attached hydrogens (primary N) is 1. The average Bonchev–Trinajstić information content (AvgIpc) is 2.94. The van der Waals surface area contributed by atoms with Crippen LogP contribution in [-0.2, 0) is 25.5 Å². The van der Waals surface area contributed by atoms with Crippen molar-refractivity contribution in [1.82, 2.24) is 14.9 Å². The summed E-state index contributed by atoms with van der Waals surface area (Å²) in [5, 5.41) is 0. The van der Waals surface area contributed by atoms with Gasteiger partial charge in [0.2, 0.25) is 17.7 Å². The summed E-state index contributed by atoms with van der Waals surface area (Å²) in [7, 11) is 0. The van der Waals surface area contributed by atoms with E-state index in [-0.39, 0.29) is 17.6 Å². The van der Waals surface area contributed by atoms with E-state index in [1.165, 1.54) is 11.8 Å². The Morgan fingerprint density at radius 3 is 2.45 bits per heavy atom. The molecule has 14 heteroatoms. The fraction of sp³-hybridized carbons (Fsp3) is 0.462. The summed E-state index contributed by atoms with van der Waals surface area (Å²) in [6.45, 7) is 6.59. The molecular weight excluding hydrogens is 535 g/mol. The van der Waals surface area contributed by atoms with Gasteiger partial charge in [-0.25, -0.2) is 9.78 Å². The van der Waals surface area contributed by atoms with E-state index in [4.69, 9.17) is 10.5 Å². The summed E-state index contributed by atoms with van der Waals surface area (Å²) in [5.74, 6) is -4.69. The number of benzene rings is 1. The minimum absolute atomic E-state index is 0.0996. The highest BCUT2D eigenvalue weighted by atomic mass is 19.4. The fourth-order valence-electron chi connectivity index (χ4n) is 4.27. The number of carbonyl (C=O) groups is 4. The van der Waals surface area contributed by atoms with Gasteiger partial charge in [0.1, 0.15) is 6.54 Å². The van der Waals surface area contributed by atoms with E-state index in [9.17, 15) is 32.3 Å². The number of amides is 2. The van der Waals surface area contributed by atoms with Crippen LogP contribution in [0.3, 0.4) is 0 Å². The van der Waals surface area contributed by atoms with E-state index >= 15 is 0 Å². The molecule has 2 N–H and O–H groups in total. The number of nitrogen functional groups attached to an aromatic ring is 1. The van der Waals surface area contributed by atoms with Crippen molar-refractivity contribution in [2.75, 3.05) is 23.8 Å². The predicted octanol–water partition coefficient (Wildman–Crippen LogP) is 2.99. The van der Waals surface area contributed by atoms with E-state index < -0.39 is 48.9 Å². The summed E-state index contributed by atoms with van der Waals surface area (Å²) in [6, 6.07) is 5.40. The van der Waals surface area contributed by atoms with Gasteiger partial charge in [-0.3, -0.25) is 14.4 Å². The van der Waals surface area contributed by atoms with Gasteiger partial charge in [-0.2, -0.15) is 18.2 Å². The average molecular weight is 566 g/mol. The maximum absolute atomic E-state index is 13.6. The topological polar surface area (TPSA) is 145 Å². The Hall–Kier alpha value is -4.23. The van der Waals surface area contributed by atoms with Gasteiger partial charge in [0, 0.05) is 23.8 Å². The molecule has 0 saturated carbocycles. The minimum atomic E-state index is -5.34. The molecule has 1 aliphatic rings. The van der Waals surface area contributed by atoms with Gasteiger partial charge < -0.3 is 25.0 Å². The Bertz CT molecular complexity index is 1280. The third kappa shape index (κ3) is 7.45. The fourth-order valence-corrected chi connectivity index (χ4v) is 4.27. The van der Waals surface area contributed by atoms with Gasteiger partial charge in [0.15, 0.2) is 0 Å². The largest absolute Gasteiger partial charge is 0.491 e. The molecule has 2 heterocycles. The second-order valence-electron chi connectivity index (χ2n) is 9.61. The van der Waals surface area contributed by atoms with Crippen molar-refractivity contribution in [2.24, 2.45) is 0 Å². The second kappa shape index (κ2) is 12.3. The Balaban J connectivity index is 1.77. The SMILES string of the molecule is Cc1cc(OCCCc2ccc3c(c2)C(=O)N(C(C)CC(=O)OC(=O)C(F)(F)F)CC(=O)N3C(C)C)nc(N)n1. The van der Waals surface area contributed by atoms with E-state index in [0.29, 0.717) is 36.7 Å². The van der Waals surface area contributed by atoms with Gasteiger partial charge in [0.05, 0.1) is 24.3 Å². The molecule has 11 nitrogen and oxygen atoms in total. The van der Waals surface area contributed by atoms with Crippen LogP contribution in [0.2, 0.25) is 0 Å². The molecule has 216 valence electrons. The lowest BCUT2D eigenvalue weighted by Gasteiger charge is -2.28. The van der Waals surface area contributed by atoms with E-state index in [1.807, 2.05) is 0 Å². The van der Waals surface area contributed by atoms with Gasteiger partial charge in [-0.05, 0) is 58.2 Å². The smallest absolute Gasteiger partial charge is 0.478 e. The highest BCUT2D eigenvalue weighted by Gasteiger charge is 2.43. The summed E-state index contributed by atoms with van der Waals surface area (Å²) >= 11 is 0. The molecule has 1 aromatic heterocycles. The summed E-state index contributed by atoms with van der Waals surface area (Å²) in [6.07, 6.45) is -4.99. The third-order valence-electron chi connectivity index (χ3n) is 6.04. The first-order valence-corrected chi connectivity index (χ1v) is 12.5. The monoisotopic (exact) mass is 565 g/mol. The van der Waals surface area contributed by atoms with Crippen LogP contribution >= 0.6 is 0 Å². The molecule has 0 fully saturated rings. The third-order valence-corrected chi connectivity index (χ3v) is 6.04. The summed E-state index contributed by atoms with van der Waals surface area (Å²) < 4.78 is 46.9. The highest BCUT2D eigenvalue weighted by molar-refractivity contribution is 6.10. The first kappa shape index (κ1) is 30.3. The van der Waals surface area contributed by atoms with Crippen molar-refractivity contribution >= 4 is 35.4 Å². The van der Waals surface area contributed by atoms with Gasteiger partial charge in [-0.15, -0.1) is 0 Å². The zero-order valence-corrected chi connectivity index (χ0v) is 22.4. The number of alkyl halides is 3. The van der Waals surface area contributed by atoms with Gasteiger partial charge in [0.25, 0.3) is 5.91 Å². The summed E-state index contributed by atoms with van der Waals surface area (Å²) in [4.78, 5) is 60.3. The number of esters is 2. The van der Waals surface area contributed by atoms with Crippen LogP contribution in [0.15, 0.2) is 24.3 Å². The first-order valence-electron chi connectivity index (χ1n) is 12.5. The zero-order valence-electron chi connectivity index (χ0n) is 22.4. The lowest BCUT2D eigenvalue weighted by molar-refractivity contribution is -0.202. The van der Waals surface area contributed by atoms with Crippen LogP contribution in [0.4, 0.5) is 24.8 Å². The zero-order chi connectivity index (χ0) is 29.8. The van der Waals surface area contributed by atoms with E-state index in [2.05, 4.69) is 14.7 Å². The number of ether oxygens (including phenoxy) is 2. The van der Waals surface area contributed by atoms with Crippen LogP contribution in [0.5, 0.6) is 5.88 Å². The Morgan fingerprint density at radius 1 is 1.12 bits per heavy atom. The lowest BCUT2D eigenvalue weighted by Crippen LogP contribution is -2.46. The summed E-state index contributed by atoms with van der Waals surface area (Å²) in [5.41, 5.74) is 7.64. The number of rotatable bonds is 9. The Labute approximate surface area is 228 Å². The van der Waals surface area contributed by atoms with E-state index in [0.717, 1.165) is 10.5 Å². The van der Waals surface area contributed by atoms with Crippen molar-refractivity contribution in [3.8, 4) is 5.88 Å². The minimum Gasteiger partial charge on any atom is -0.478 e. The van der Waals surface area contributed by atoms with Gasteiger partial charge >= 0.3 is 18.1 Å². The second-order valence-corrected chi connectivity index (χ2v) is 9.61. The van der Waals surface area contributed by atoms with Crippen LogP contribution < -0.4 is 15.4 Å². The van der Waals surface area contributed by atoms with Gasteiger partial charge in [-0.1, -0.05) is 6.07 Å². The normalized spacial score (nSPS) is 14.6. The van der Waals surface area contributed by atoms with Crippen LogP contribution in [-0.4, -0.2) is 70.0 Å². The Kier molecular flexibility index (Phi) is 9.32. The number of nitrogens with zero attached hydrogens (tertiary/aromatic N) is 4. The molecule has 0 spiro atoms. The van der Waals surface area contributed by atoms with E-state index in [1.54, 1.807) is 45.0 Å². The molecule has 0 aliphatic carbocycles. The van der Waals surface area contributed by atoms with Crippen LogP contribution in [0.1, 0.15) is 55.2 Å². The number of halogens is 3. The van der Waals surface area contributed by atoms with Crippen LogP contribution in [0.25, 0.3) is 0 Å². The standard InChI is InChI=1S/C26H30F3N5O6/c1-14(2)34-19-8-7-17(6-5-9-39-20-10-15(3)31-25(30)32-20)12-18(19)23(37)33(13-21(34)35)16(4)11-22(36)40-24(38)26(27,28)29/h7-8,10,12,14,16H,5-6,9,11,13H2,1-4H3,(H2,30,31,32). The van der Waals surface area contributed by atoms with Crippen molar-refractivity contribution in [1.29, 1.82) is 0 Å². The molecule has 2 amide bonds. The maximum atomic E-state index is 13.6. The van der Waals surface area contributed by atoms with Crippen molar-refractivity contribution in [3.63, 3.8) is 0 Å². The molecule has 40 heavy (non-hydrogen) atoms. The van der Waals surface area contributed by atoms with Crippen molar-refractivity contribution < 1.29 is 41.8 Å². The number of hydrogen-bond acceptors (Lipinski definition) is 9. The molecule has 2 aromatic rings. The number of hydrogen-bond donors (Lipinski definition) is 1. The number of aryl methyl sites for hydroxylation is 2. The van der Waals surface area contributed by atoms with Crippen molar-refractivity contribution in [3.05, 3.63) is 41.1 Å². The lowest BCUT2D eigenvalue weighted by atomic mass is 10.0. The number of aromatic nitrogens is 2. The number of carbonyl (C=O) groups excluding carboxylic acids is 4. The number of fused-ring (bicyclic) bond motifs is 1. The molecular formula is C26H30F3N5O6. The van der Waals surface area contributed by atoms with Crippen molar-refractivity contribution in [2.45, 2.75) is 65.2 Å². The molecule has 1 unspecified atom stereocenters. The highest BCUT2D eigenvalue weighted by Crippen LogP contribution is 2.30. The number of anilines is 2. The molecule has 1 atom stereocenters. The predicted molar refractivity (Wildman–Crippen MR) is 136 cm³/mol. The molecule has 0 bridgehead atoms. The Morgan fingerprint density at radius 2 is 1.82 bits per heavy atom. The van der Waals surface area contributed by atoms with Crippen LogP contribution in [0, 0.1) is 6.92 Å². The molecule has 1 aromatic carbocycles.